The summed E-state index contributed by atoms with van der Waals surface area (Å²) in [5, 5.41) is 20.9. The Balaban J connectivity index is 0.000000165. The van der Waals surface area contributed by atoms with E-state index < -0.39 is 5.97 Å². The highest BCUT2D eigenvalue weighted by Crippen LogP contribution is 2.30. The predicted molar refractivity (Wildman–Crippen MR) is 160 cm³/mol. The molecule has 4 aromatic heterocycles. The zero-order valence-corrected chi connectivity index (χ0v) is 23.6. The van der Waals surface area contributed by atoms with Crippen LogP contribution < -0.4 is 0 Å². The van der Waals surface area contributed by atoms with Gasteiger partial charge in [0, 0.05) is 36.2 Å². The largest absolute Gasteiger partial charge is 0.476 e. The number of aromatic nitrogens is 6. The van der Waals surface area contributed by atoms with E-state index in [1.807, 2.05) is 71.4 Å². The Hall–Kier alpha value is -4.93. The van der Waals surface area contributed by atoms with Crippen LogP contribution in [-0.4, -0.2) is 48.1 Å². The molecule has 0 saturated carbocycles. The molecule has 0 amide bonds. The third-order valence-electron chi connectivity index (χ3n) is 6.08. The number of pyridine rings is 2. The first-order chi connectivity index (χ1) is 20.0. The van der Waals surface area contributed by atoms with E-state index in [1.54, 1.807) is 25.4 Å². The lowest BCUT2D eigenvalue weighted by molar-refractivity contribution is 0.0691. The Labute approximate surface area is 244 Å². The van der Waals surface area contributed by atoms with Crippen LogP contribution in [0.2, 0.25) is 0 Å². The number of carboxylic acids is 1. The highest BCUT2D eigenvalue weighted by molar-refractivity contribution is 9.10. The predicted octanol–water partition coefficient (Wildman–Crippen LogP) is 6.82. The molecule has 204 valence electrons. The number of ether oxygens (including phenoxy) is 1. The summed E-state index contributed by atoms with van der Waals surface area (Å²) < 4.78 is 7.88. The van der Waals surface area contributed by atoms with E-state index in [2.05, 4.69) is 59.4 Å². The smallest absolute Gasteiger partial charge is 0.355 e. The molecule has 6 aromatic rings. The number of halogens is 1. The average molecular weight is 609 g/mol. The van der Waals surface area contributed by atoms with E-state index >= 15 is 0 Å². The van der Waals surface area contributed by atoms with Gasteiger partial charge in [0.15, 0.2) is 5.69 Å². The van der Waals surface area contributed by atoms with Crippen molar-refractivity contribution < 1.29 is 14.6 Å². The number of benzene rings is 2. The second-order valence-corrected chi connectivity index (χ2v) is 9.53. The minimum absolute atomic E-state index is 0.00996. The number of hydrogen-bond donors (Lipinski definition) is 2. The van der Waals surface area contributed by atoms with Crippen LogP contribution in [0.25, 0.3) is 45.0 Å². The zero-order chi connectivity index (χ0) is 28.6. The van der Waals surface area contributed by atoms with Crippen LogP contribution in [0.3, 0.4) is 0 Å². The SMILES string of the molecule is COCn1nc(-c2cccnc2Br)cc1-c1ccccc1.O=C(O)c1ncccc1-c1cc(-c2ccccc2)n[nH]1. The monoisotopic (exact) mass is 608 g/mol. The fourth-order valence-electron chi connectivity index (χ4n) is 4.20. The molecule has 10 heteroatoms. The molecule has 0 radical (unpaired) electrons. The molecule has 9 nitrogen and oxygen atoms in total. The highest BCUT2D eigenvalue weighted by atomic mass is 79.9. The van der Waals surface area contributed by atoms with Crippen LogP contribution in [0.4, 0.5) is 0 Å². The van der Waals surface area contributed by atoms with Crippen molar-refractivity contribution in [2.75, 3.05) is 7.11 Å². The van der Waals surface area contributed by atoms with Gasteiger partial charge in [0.05, 0.1) is 22.8 Å². The fourth-order valence-corrected chi connectivity index (χ4v) is 4.65. The number of aromatic carboxylic acids is 1. The Bertz CT molecular complexity index is 1750. The van der Waals surface area contributed by atoms with Crippen LogP contribution in [0.1, 0.15) is 10.5 Å². The van der Waals surface area contributed by atoms with Gasteiger partial charge in [-0.15, -0.1) is 0 Å². The van der Waals surface area contributed by atoms with Crippen LogP contribution in [-0.2, 0) is 11.5 Å². The van der Waals surface area contributed by atoms with Gasteiger partial charge in [0.1, 0.15) is 11.3 Å². The van der Waals surface area contributed by atoms with Gasteiger partial charge in [-0.2, -0.15) is 10.2 Å². The molecule has 0 saturated heterocycles. The van der Waals surface area contributed by atoms with Gasteiger partial charge in [0.25, 0.3) is 0 Å². The van der Waals surface area contributed by atoms with Crippen molar-refractivity contribution in [3.8, 4) is 45.0 Å². The molecule has 41 heavy (non-hydrogen) atoms. The number of aromatic amines is 1. The number of hydrogen-bond acceptors (Lipinski definition) is 6. The Morgan fingerprint density at radius 2 is 1.51 bits per heavy atom. The molecular formula is C31H25BrN6O3. The molecule has 0 unspecified atom stereocenters. The van der Waals surface area contributed by atoms with Crippen LogP contribution in [0.5, 0.6) is 0 Å². The summed E-state index contributed by atoms with van der Waals surface area (Å²) in [6.07, 6.45) is 3.21. The molecule has 0 aliphatic rings. The number of nitrogens with zero attached hydrogens (tertiary/aromatic N) is 5. The van der Waals surface area contributed by atoms with Crippen LogP contribution in [0, 0.1) is 0 Å². The summed E-state index contributed by atoms with van der Waals surface area (Å²) in [5.74, 6) is -1.06. The highest BCUT2D eigenvalue weighted by Gasteiger charge is 2.15. The van der Waals surface area contributed by atoms with E-state index in [9.17, 15) is 4.79 Å². The molecule has 0 aliphatic carbocycles. The van der Waals surface area contributed by atoms with Crippen LogP contribution >= 0.6 is 15.9 Å². The summed E-state index contributed by atoms with van der Waals surface area (Å²) in [7, 11) is 1.66. The van der Waals surface area contributed by atoms with Crippen molar-refractivity contribution in [1.29, 1.82) is 0 Å². The maximum atomic E-state index is 11.2. The van der Waals surface area contributed by atoms with E-state index in [-0.39, 0.29) is 5.69 Å². The summed E-state index contributed by atoms with van der Waals surface area (Å²) in [4.78, 5) is 19.3. The van der Waals surface area contributed by atoms with E-state index in [0.717, 1.165) is 38.4 Å². The van der Waals surface area contributed by atoms with Crippen molar-refractivity contribution in [2.24, 2.45) is 0 Å². The average Bonchev–Trinajstić information content (AvgIpc) is 3.67. The summed E-state index contributed by atoms with van der Waals surface area (Å²) >= 11 is 3.47. The topological polar surface area (TPSA) is 119 Å². The molecule has 2 aromatic carbocycles. The number of nitrogens with one attached hydrogen (secondary N) is 1. The number of carboxylic acid groups (broad SMARTS) is 1. The first-order valence-electron chi connectivity index (χ1n) is 12.6. The van der Waals surface area contributed by atoms with Crippen molar-refractivity contribution in [2.45, 2.75) is 6.73 Å². The second-order valence-electron chi connectivity index (χ2n) is 8.78. The lowest BCUT2D eigenvalue weighted by Crippen LogP contribution is -2.03. The molecule has 0 atom stereocenters. The minimum atomic E-state index is -1.06. The van der Waals surface area contributed by atoms with Gasteiger partial charge in [-0.05, 0) is 57.9 Å². The number of rotatable bonds is 7. The molecule has 4 heterocycles. The van der Waals surface area contributed by atoms with E-state index in [0.29, 0.717) is 18.0 Å². The summed E-state index contributed by atoms with van der Waals surface area (Å²) in [5.41, 5.74) is 6.85. The van der Waals surface area contributed by atoms with Crippen molar-refractivity contribution in [3.63, 3.8) is 0 Å². The number of carbonyl (C=O) groups is 1. The first kappa shape index (κ1) is 27.6. The number of H-pyrrole nitrogens is 1. The first-order valence-corrected chi connectivity index (χ1v) is 13.4. The Morgan fingerprint density at radius 1 is 0.854 bits per heavy atom. The van der Waals surface area contributed by atoms with Gasteiger partial charge in [-0.25, -0.2) is 19.4 Å². The van der Waals surface area contributed by atoms with Gasteiger partial charge in [-0.1, -0.05) is 60.7 Å². The Kier molecular flexibility index (Phi) is 8.73. The van der Waals surface area contributed by atoms with Crippen LogP contribution in [0.15, 0.2) is 114 Å². The maximum absolute atomic E-state index is 11.2. The molecule has 0 aliphatic heterocycles. The van der Waals surface area contributed by atoms with E-state index in [4.69, 9.17) is 9.84 Å². The van der Waals surface area contributed by atoms with Crippen molar-refractivity contribution >= 4 is 21.9 Å². The third kappa shape index (κ3) is 6.46. The molecular weight excluding hydrogens is 584 g/mol. The van der Waals surface area contributed by atoms with Gasteiger partial charge >= 0.3 is 5.97 Å². The fraction of sp³-hybridized carbons (Fsp3) is 0.0645. The van der Waals surface area contributed by atoms with Crippen molar-refractivity contribution in [1.82, 2.24) is 29.9 Å². The molecule has 0 spiro atoms. The molecule has 6 rings (SSSR count). The Morgan fingerprint density at radius 3 is 2.17 bits per heavy atom. The lowest BCUT2D eigenvalue weighted by Gasteiger charge is -2.05. The normalized spacial score (nSPS) is 10.6. The minimum Gasteiger partial charge on any atom is -0.476 e. The summed E-state index contributed by atoms with van der Waals surface area (Å²) in [6.45, 7) is 0.405. The zero-order valence-electron chi connectivity index (χ0n) is 22.0. The number of methoxy groups -OCH3 is 1. The lowest BCUT2D eigenvalue weighted by atomic mass is 10.1. The van der Waals surface area contributed by atoms with Gasteiger partial charge < -0.3 is 9.84 Å². The second kappa shape index (κ2) is 12.9. The van der Waals surface area contributed by atoms with E-state index in [1.165, 1.54) is 6.20 Å². The molecule has 0 fully saturated rings. The van der Waals surface area contributed by atoms with Gasteiger partial charge in [0.2, 0.25) is 0 Å². The van der Waals surface area contributed by atoms with Crippen molar-refractivity contribution in [3.05, 3.63) is 120 Å². The standard InChI is InChI=1S/C16H14BrN3O.C15H11N3O2/c1-21-11-20-15(12-6-3-2-4-7-12)10-14(19-20)13-8-5-9-18-16(13)17;19-15(20)14-11(7-4-8-16-14)13-9-12(17-18-13)10-5-2-1-3-6-10/h2-10H,11H2,1H3;1-9H,(H,17,18)(H,19,20). The molecule has 0 bridgehead atoms. The third-order valence-corrected chi connectivity index (χ3v) is 6.72. The maximum Gasteiger partial charge on any atom is 0.355 e. The quantitative estimate of drug-likeness (QED) is 0.191. The molecule has 2 N–H and O–H groups in total. The van der Waals surface area contributed by atoms with Gasteiger partial charge in [-0.3, -0.25) is 5.10 Å². The summed E-state index contributed by atoms with van der Waals surface area (Å²) in [6, 6.07) is 31.0.